The smallest absolute Gasteiger partial charge is 0.358 e. The average Bonchev–Trinajstić information content (AvgIpc) is 2.80. The molecule has 1 fully saturated rings. The Bertz CT molecular complexity index is 528. The molecular formula is C11H11N3O5. The van der Waals surface area contributed by atoms with Gasteiger partial charge in [0.15, 0.2) is 11.5 Å². The Morgan fingerprint density at radius 3 is 2.63 bits per heavy atom. The van der Waals surface area contributed by atoms with Gasteiger partial charge in [-0.1, -0.05) is 0 Å². The van der Waals surface area contributed by atoms with Crippen LogP contribution >= 0.6 is 0 Å². The SMILES string of the molecule is COC(=O)c1cnc(N2CC(C(=O)O)CC2=O)cn1. The third-order valence-electron chi connectivity index (χ3n) is 2.78. The Kier molecular flexibility index (Phi) is 3.41. The van der Waals surface area contributed by atoms with Crippen LogP contribution in [0.25, 0.3) is 0 Å². The summed E-state index contributed by atoms with van der Waals surface area (Å²) < 4.78 is 4.47. The van der Waals surface area contributed by atoms with Crippen LogP contribution in [0.4, 0.5) is 5.82 Å². The van der Waals surface area contributed by atoms with Gasteiger partial charge >= 0.3 is 11.9 Å². The number of ether oxygens (including phenoxy) is 1. The molecule has 2 rings (SSSR count). The zero-order valence-corrected chi connectivity index (χ0v) is 10.1. The van der Waals surface area contributed by atoms with Crippen molar-refractivity contribution in [1.29, 1.82) is 0 Å². The van der Waals surface area contributed by atoms with E-state index in [0.29, 0.717) is 0 Å². The number of anilines is 1. The molecule has 1 aliphatic heterocycles. The summed E-state index contributed by atoms with van der Waals surface area (Å²) >= 11 is 0. The predicted octanol–water partition coefficient (Wildman–Crippen LogP) is -0.299. The number of amides is 1. The summed E-state index contributed by atoms with van der Waals surface area (Å²) in [5.41, 5.74) is 0.0210. The van der Waals surface area contributed by atoms with Gasteiger partial charge in [0, 0.05) is 13.0 Å². The van der Waals surface area contributed by atoms with E-state index >= 15 is 0 Å². The Morgan fingerprint density at radius 1 is 1.42 bits per heavy atom. The van der Waals surface area contributed by atoms with Crippen molar-refractivity contribution in [2.45, 2.75) is 6.42 Å². The number of esters is 1. The summed E-state index contributed by atoms with van der Waals surface area (Å²) in [5.74, 6) is -2.49. The molecule has 1 aromatic heterocycles. The van der Waals surface area contributed by atoms with E-state index in [0.717, 1.165) is 0 Å². The monoisotopic (exact) mass is 265 g/mol. The summed E-state index contributed by atoms with van der Waals surface area (Å²) in [4.78, 5) is 42.7. The fraction of sp³-hybridized carbons (Fsp3) is 0.364. The molecule has 1 N–H and O–H groups in total. The summed E-state index contributed by atoms with van der Waals surface area (Å²) in [6, 6.07) is 0. The lowest BCUT2D eigenvalue weighted by atomic mass is 10.1. The second-order valence-corrected chi connectivity index (χ2v) is 4.00. The second-order valence-electron chi connectivity index (χ2n) is 4.00. The van der Waals surface area contributed by atoms with Crippen molar-refractivity contribution in [3.63, 3.8) is 0 Å². The van der Waals surface area contributed by atoms with Gasteiger partial charge in [0.2, 0.25) is 5.91 Å². The molecule has 2 heterocycles. The first kappa shape index (κ1) is 12.9. The number of carboxylic acid groups (broad SMARTS) is 1. The molecular weight excluding hydrogens is 254 g/mol. The van der Waals surface area contributed by atoms with E-state index in [4.69, 9.17) is 5.11 Å². The minimum absolute atomic E-state index is 0.0210. The number of nitrogens with zero attached hydrogens (tertiary/aromatic N) is 3. The first-order valence-corrected chi connectivity index (χ1v) is 5.46. The van der Waals surface area contributed by atoms with Gasteiger partial charge < -0.3 is 9.84 Å². The van der Waals surface area contributed by atoms with Crippen LogP contribution in [0.3, 0.4) is 0 Å². The maximum atomic E-state index is 11.7. The number of aromatic nitrogens is 2. The van der Waals surface area contributed by atoms with Gasteiger partial charge in [0.25, 0.3) is 0 Å². The molecule has 0 spiro atoms. The van der Waals surface area contributed by atoms with Crippen LogP contribution in [0.1, 0.15) is 16.9 Å². The fourth-order valence-corrected chi connectivity index (χ4v) is 1.77. The van der Waals surface area contributed by atoms with Gasteiger partial charge in [-0.05, 0) is 0 Å². The number of carboxylic acids is 1. The van der Waals surface area contributed by atoms with E-state index in [2.05, 4.69) is 14.7 Å². The lowest BCUT2D eigenvalue weighted by Crippen LogP contribution is -2.27. The van der Waals surface area contributed by atoms with Crippen LogP contribution in [-0.2, 0) is 14.3 Å². The van der Waals surface area contributed by atoms with Crippen molar-refractivity contribution >= 4 is 23.7 Å². The Hall–Kier alpha value is -2.51. The quantitative estimate of drug-likeness (QED) is 0.747. The molecule has 0 radical (unpaired) electrons. The number of carbonyl (C=O) groups is 3. The molecule has 8 heteroatoms. The van der Waals surface area contributed by atoms with E-state index in [-0.39, 0.29) is 30.4 Å². The summed E-state index contributed by atoms with van der Waals surface area (Å²) in [7, 11) is 1.22. The zero-order valence-electron chi connectivity index (χ0n) is 10.1. The minimum Gasteiger partial charge on any atom is -0.481 e. The molecule has 1 saturated heterocycles. The fourth-order valence-electron chi connectivity index (χ4n) is 1.77. The molecule has 0 saturated carbocycles. The largest absolute Gasteiger partial charge is 0.481 e. The van der Waals surface area contributed by atoms with Gasteiger partial charge in [-0.2, -0.15) is 0 Å². The standard InChI is InChI=1S/C11H11N3O5/c1-19-11(18)7-3-13-8(4-12-7)14-5-6(10(16)17)2-9(14)15/h3-4,6H,2,5H2,1H3,(H,16,17). The lowest BCUT2D eigenvalue weighted by molar-refractivity contribution is -0.141. The Morgan fingerprint density at radius 2 is 2.16 bits per heavy atom. The molecule has 19 heavy (non-hydrogen) atoms. The van der Waals surface area contributed by atoms with Crippen LogP contribution in [0.15, 0.2) is 12.4 Å². The number of rotatable bonds is 3. The van der Waals surface area contributed by atoms with E-state index in [9.17, 15) is 14.4 Å². The van der Waals surface area contributed by atoms with Gasteiger partial charge in [-0.3, -0.25) is 14.5 Å². The third-order valence-corrected chi connectivity index (χ3v) is 2.78. The van der Waals surface area contributed by atoms with Gasteiger partial charge in [-0.15, -0.1) is 0 Å². The van der Waals surface area contributed by atoms with E-state index in [1.165, 1.54) is 24.4 Å². The maximum Gasteiger partial charge on any atom is 0.358 e. The van der Waals surface area contributed by atoms with Crippen LogP contribution in [0.2, 0.25) is 0 Å². The molecule has 1 atom stereocenters. The van der Waals surface area contributed by atoms with Crippen molar-refractivity contribution in [2.24, 2.45) is 5.92 Å². The van der Waals surface area contributed by atoms with Crippen molar-refractivity contribution < 1.29 is 24.2 Å². The highest BCUT2D eigenvalue weighted by Crippen LogP contribution is 2.22. The predicted molar refractivity (Wildman–Crippen MR) is 61.5 cm³/mol. The highest BCUT2D eigenvalue weighted by Gasteiger charge is 2.35. The lowest BCUT2D eigenvalue weighted by Gasteiger charge is -2.14. The van der Waals surface area contributed by atoms with E-state index < -0.39 is 17.9 Å². The summed E-state index contributed by atoms with van der Waals surface area (Å²) in [6.07, 6.45) is 2.37. The van der Waals surface area contributed by atoms with Crippen LogP contribution in [-0.4, -0.2) is 46.6 Å². The maximum absolute atomic E-state index is 11.7. The zero-order chi connectivity index (χ0) is 14.0. The molecule has 0 bridgehead atoms. The first-order valence-electron chi connectivity index (χ1n) is 5.46. The molecule has 1 unspecified atom stereocenters. The molecule has 100 valence electrons. The highest BCUT2D eigenvalue weighted by atomic mass is 16.5. The van der Waals surface area contributed by atoms with Crippen LogP contribution in [0, 0.1) is 5.92 Å². The average molecular weight is 265 g/mol. The van der Waals surface area contributed by atoms with Crippen molar-refractivity contribution in [3.8, 4) is 0 Å². The van der Waals surface area contributed by atoms with Crippen molar-refractivity contribution in [2.75, 3.05) is 18.6 Å². The Labute approximate surface area is 108 Å². The Balaban J connectivity index is 2.17. The van der Waals surface area contributed by atoms with Gasteiger partial charge in [0.05, 0.1) is 25.4 Å². The van der Waals surface area contributed by atoms with E-state index in [1.54, 1.807) is 0 Å². The molecule has 1 aromatic rings. The van der Waals surface area contributed by atoms with Gasteiger partial charge in [-0.25, -0.2) is 14.8 Å². The molecule has 8 nitrogen and oxygen atoms in total. The van der Waals surface area contributed by atoms with Crippen LogP contribution in [0.5, 0.6) is 0 Å². The number of aliphatic carboxylic acids is 1. The molecule has 1 aliphatic rings. The van der Waals surface area contributed by atoms with E-state index in [1.807, 2.05) is 0 Å². The van der Waals surface area contributed by atoms with Crippen molar-refractivity contribution in [1.82, 2.24) is 9.97 Å². The number of carbonyl (C=O) groups excluding carboxylic acids is 2. The topological polar surface area (TPSA) is 110 Å². The van der Waals surface area contributed by atoms with Crippen molar-refractivity contribution in [3.05, 3.63) is 18.1 Å². The first-order chi connectivity index (χ1) is 9.02. The number of hydrogen-bond donors (Lipinski definition) is 1. The van der Waals surface area contributed by atoms with Gasteiger partial charge in [0.1, 0.15) is 0 Å². The highest BCUT2D eigenvalue weighted by molar-refractivity contribution is 5.98. The third kappa shape index (κ3) is 2.51. The molecule has 1 amide bonds. The number of hydrogen-bond acceptors (Lipinski definition) is 6. The molecule has 0 aromatic carbocycles. The number of methoxy groups -OCH3 is 1. The molecule has 0 aliphatic carbocycles. The second kappa shape index (κ2) is 5.01. The minimum atomic E-state index is -1.02. The normalized spacial score (nSPS) is 18.5. The van der Waals surface area contributed by atoms with Crippen LogP contribution < -0.4 is 4.90 Å². The summed E-state index contributed by atoms with van der Waals surface area (Å²) in [5, 5.41) is 8.87. The summed E-state index contributed by atoms with van der Waals surface area (Å²) in [6.45, 7) is 0.0560.